The molecule has 0 amide bonds. The molecule has 2 heterocycles. The van der Waals surface area contributed by atoms with Gasteiger partial charge in [0.25, 0.3) is 0 Å². The number of benzene rings is 1. The second-order valence-corrected chi connectivity index (χ2v) is 10.4. The van der Waals surface area contributed by atoms with E-state index in [1.54, 1.807) is 46.1 Å². The van der Waals surface area contributed by atoms with Crippen molar-refractivity contribution in [2.75, 3.05) is 0 Å². The molecule has 0 bridgehead atoms. The van der Waals surface area contributed by atoms with Gasteiger partial charge in [-0.05, 0) is 0 Å². The molecule has 2 aromatic heterocycles. The standard InChI is InChI=1S/C24H29BN2O4S/c1-15-17-19(28)27(24(5,6)21(29)31-23(2,3)4)22(30)26(20(17)32-18(15)25-7)14-13-16-11-9-8-10-12-16/h8-12H,7,13-14H2,1-6H3. The average molecular weight is 452 g/mol. The van der Waals surface area contributed by atoms with Crippen LogP contribution in [-0.2, 0) is 28.0 Å². The molecule has 0 aliphatic rings. The Balaban J connectivity index is 2.26. The number of carbonyl (C=O) groups is 1. The van der Waals surface area contributed by atoms with Crippen molar-refractivity contribution in [2.24, 2.45) is 0 Å². The first-order valence-electron chi connectivity index (χ1n) is 10.6. The van der Waals surface area contributed by atoms with E-state index in [0.717, 1.165) is 20.5 Å². The van der Waals surface area contributed by atoms with E-state index in [9.17, 15) is 14.4 Å². The molecule has 0 unspecified atom stereocenters. The van der Waals surface area contributed by atoms with E-state index in [0.29, 0.717) is 23.2 Å². The number of rotatable bonds is 6. The fourth-order valence-electron chi connectivity index (χ4n) is 3.63. The Morgan fingerprint density at radius 1 is 1.12 bits per heavy atom. The number of ether oxygens (including phenoxy) is 1. The zero-order valence-corrected chi connectivity index (χ0v) is 20.3. The van der Waals surface area contributed by atoms with E-state index in [-0.39, 0.29) is 0 Å². The molecule has 32 heavy (non-hydrogen) atoms. The van der Waals surface area contributed by atoms with Gasteiger partial charge >= 0.3 is 192 Å². The second-order valence-electron chi connectivity index (χ2n) is 9.35. The third-order valence-corrected chi connectivity index (χ3v) is 6.67. The van der Waals surface area contributed by atoms with Crippen molar-refractivity contribution in [3.8, 4) is 0 Å². The summed E-state index contributed by atoms with van der Waals surface area (Å²) >= 11 is 1.37. The van der Waals surface area contributed by atoms with Gasteiger partial charge in [-0.1, -0.05) is 0 Å². The number of nitrogens with zero attached hydrogens (tertiary/aromatic N) is 2. The molecule has 0 atom stereocenters. The van der Waals surface area contributed by atoms with Crippen LogP contribution in [0, 0.1) is 6.92 Å². The number of esters is 1. The molecule has 0 aliphatic heterocycles. The molecule has 8 heteroatoms. The molecule has 0 spiro atoms. The van der Waals surface area contributed by atoms with Crippen LogP contribution in [-0.4, -0.2) is 34.1 Å². The molecule has 0 radical (unpaired) electrons. The van der Waals surface area contributed by atoms with Crippen molar-refractivity contribution in [2.45, 2.75) is 65.6 Å². The minimum atomic E-state index is -1.48. The normalized spacial score (nSPS) is 12.1. The summed E-state index contributed by atoms with van der Waals surface area (Å²) in [5, 5.41) is 0.439. The van der Waals surface area contributed by atoms with Crippen LogP contribution in [0.1, 0.15) is 45.7 Å². The summed E-state index contributed by atoms with van der Waals surface area (Å²) in [5.41, 5.74) is -1.40. The molecule has 0 N–H and O–H groups in total. The SMILES string of the molecule is C=Bc1sc2c(c1C)c(=O)n(C(C)(C)C(=O)OC(C)(C)C)c(=O)n2CCc1ccccc1. The summed E-state index contributed by atoms with van der Waals surface area (Å²) in [6.45, 7) is 16.1. The van der Waals surface area contributed by atoms with Crippen LogP contribution in [0.5, 0.6) is 0 Å². The third-order valence-electron chi connectivity index (χ3n) is 5.36. The van der Waals surface area contributed by atoms with E-state index in [1.807, 2.05) is 37.3 Å². The van der Waals surface area contributed by atoms with Gasteiger partial charge in [-0.25, -0.2) is 0 Å². The van der Waals surface area contributed by atoms with Crippen LogP contribution in [0.3, 0.4) is 0 Å². The van der Waals surface area contributed by atoms with E-state index in [4.69, 9.17) is 4.74 Å². The second kappa shape index (κ2) is 8.66. The number of aromatic nitrogens is 2. The Bertz CT molecular complexity index is 1290. The van der Waals surface area contributed by atoms with Crippen molar-refractivity contribution in [1.82, 2.24) is 9.13 Å². The van der Waals surface area contributed by atoms with Gasteiger partial charge in [0, 0.05) is 0 Å². The van der Waals surface area contributed by atoms with Gasteiger partial charge in [0.1, 0.15) is 0 Å². The Kier molecular flexibility index (Phi) is 6.47. The van der Waals surface area contributed by atoms with Crippen LogP contribution in [0.2, 0.25) is 0 Å². The Morgan fingerprint density at radius 2 is 1.75 bits per heavy atom. The maximum absolute atomic E-state index is 13.6. The minimum absolute atomic E-state index is 0.376. The molecule has 168 valence electrons. The van der Waals surface area contributed by atoms with Gasteiger partial charge in [0.2, 0.25) is 0 Å². The molecule has 0 fully saturated rings. The average Bonchev–Trinajstić information content (AvgIpc) is 3.03. The first-order valence-corrected chi connectivity index (χ1v) is 11.4. The molecule has 0 aliphatic carbocycles. The van der Waals surface area contributed by atoms with Crippen LogP contribution in [0.15, 0.2) is 39.9 Å². The fourth-order valence-corrected chi connectivity index (χ4v) is 4.80. The number of hydrogen-bond donors (Lipinski definition) is 0. The molecule has 1 aromatic carbocycles. The summed E-state index contributed by atoms with van der Waals surface area (Å²) in [7, 11) is 0. The predicted molar refractivity (Wildman–Crippen MR) is 133 cm³/mol. The first kappa shape index (κ1) is 23.9. The van der Waals surface area contributed by atoms with Crippen LogP contribution < -0.4 is 16.0 Å². The summed E-state index contributed by atoms with van der Waals surface area (Å²) in [6.07, 6.45) is 0.612. The Labute approximate surface area is 192 Å². The Hall–Kier alpha value is -2.74. The zero-order chi connectivity index (χ0) is 23.8. The van der Waals surface area contributed by atoms with Crippen molar-refractivity contribution in [3.05, 3.63) is 62.3 Å². The topological polar surface area (TPSA) is 70.3 Å². The number of carbonyl (C=O) groups excluding carboxylic acids is 1. The Morgan fingerprint density at radius 3 is 2.31 bits per heavy atom. The van der Waals surface area contributed by atoms with E-state index in [2.05, 4.69) is 6.47 Å². The van der Waals surface area contributed by atoms with Crippen molar-refractivity contribution >= 4 is 45.7 Å². The summed E-state index contributed by atoms with van der Waals surface area (Å²) in [6, 6.07) is 9.84. The monoisotopic (exact) mass is 452 g/mol. The number of fused-ring (bicyclic) bond motifs is 1. The van der Waals surface area contributed by atoms with Gasteiger partial charge < -0.3 is 0 Å². The van der Waals surface area contributed by atoms with Crippen LogP contribution in [0.25, 0.3) is 10.2 Å². The van der Waals surface area contributed by atoms with E-state index in [1.165, 1.54) is 11.3 Å². The van der Waals surface area contributed by atoms with Gasteiger partial charge in [0.15, 0.2) is 0 Å². The molecular formula is C24H29BN2O4S. The maximum atomic E-state index is 13.6. The molecule has 0 saturated heterocycles. The summed E-state index contributed by atoms with van der Waals surface area (Å²) in [5.74, 6) is -0.630. The molecule has 0 saturated carbocycles. The van der Waals surface area contributed by atoms with Gasteiger partial charge in [-0.3, -0.25) is 0 Å². The van der Waals surface area contributed by atoms with Gasteiger partial charge in [-0.15, -0.1) is 0 Å². The third kappa shape index (κ3) is 4.42. The predicted octanol–water partition coefficient (Wildman–Crippen LogP) is 2.61. The van der Waals surface area contributed by atoms with Crippen LogP contribution >= 0.6 is 11.3 Å². The summed E-state index contributed by atoms with van der Waals surface area (Å²) in [4.78, 5) is 40.8. The first-order chi connectivity index (χ1) is 14.9. The number of aryl methyl sites for hydroxylation is 3. The molecular weight excluding hydrogens is 423 g/mol. The quantitative estimate of drug-likeness (QED) is 0.426. The van der Waals surface area contributed by atoms with Crippen LogP contribution in [0.4, 0.5) is 0 Å². The van der Waals surface area contributed by atoms with Gasteiger partial charge in [-0.2, -0.15) is 0 Å². The number of hydrogen-bond acceptors (Lipinski definition) is 5. The molecule has 3 rings (SSSR count). The zero-order valence-electron chi connectivity index (χ0n) is 19.5. The van der Waals surface area contributed by atoms with Crippen molar-refractivity contribution in [3.63, 3.8) is 0 Å². The number of thiophene rings is 1. The molecule has 6 nitrogen and oxygen atoms in total. The van der Waals surface area contributed by atoms with E-state index >= 15 is 0 Å². The van der Waals surface area contributed by atoms with Crippen molar-refractivity contribution < 1.29 is 9.53 Å². The van der Waals surface area contributed by atoms with Crippen molar-refractivity contribution in [1.29, 1.82) is 0 Å². The summed E-state index contributed by atoms with van der Waals surface area (Å²) < 4.78 is 9.02. The molecule has 3 aromatic rings. The fraction of sp³-hybridized carbons (Fsp3) is 0.417. The van der Waals surface area contributed by atoms with Gasteiger partial charge in [0.05, 0.1) is 0 Å². The van der Waals surface area contributed by atoms with E-state index < -0.39 is 28.4 Å².